The quantitative estimate of drug-likeness (QED) is 0.182. The van der Waals surface area contributed by atoms with Crippen LogP contribution < -0.4 is 4.90 Å². The van der Waals surface area contributed by atoms with E-state index in [1.807, 2.05) is 23.7 Å². The van der Waals surface area contributed by atoms with Crippen LogP contribution in [0.4, 0.5) is 17.1 Å². The number of fused-ring (bicyclic) bond motifs is 4. The standard InChI is InChI=1S/C45H30N2S/c1-2-7-31(8-3-1)33-15-21-38(22-16-33)47(39-23-17-34(18-24-39)37-14-13-32-9-4-5-10-36(32)29-37)40-25-19-35(20-26-40)41-11-6-12-43-42-27-28-46-30-44(42)48-45(41)43/h1-30H. The number of anilines is 3. The van der Waals surface area contributed by atoms with Crippen molar-refractivity contribution >= 4 is 59.3 Å². The van der Waals surface area contributed by atoms with Crippen molar-refractivity contribution in [3.63, 3.8) is 0 Å². The minimum atomic E-state index is 1.11. The molecular formula is C45H30N2S. The van der Waals surface area contributed by atoms with E-state index in [1.165, 1.54) is 64.3 Å². The summed E-state index contributed by atoms with van der Waals surface area (Å²) in [5, 5.41) is 5.06. The topological polar surface area (TPSA) is 16.1 Å². The zero-order valence-electron chi connectivity index (χ0n) is 26.1. The summed E-state index contributed by atoms with van der Waals surface area (Å²) < 4.78 is 2.51. The second-order valence-electron chi connectivity index (χ2n) is 12.1. The molecule has 0 aliphatic rings. The number of nitrogens with zero attached hydrogens (tertiary/aromatic N) is 2. The van der Waals surface area contributed by atoms with Gasteiger partial charge in [0.1, 0.15) is 0 Å². The maximum atomic E-state index is 4.36. The van der Waals surface area contributed by atoms with E-state index in [0.29, 0.717) is 0 Å². The maximum absolute atomic E-state index is 4.36. The van der Waals surface area contributed by atoms with Crippen LogP contribution in [-0.2, 0) is 0 Å². The molecule has 0 saturated carbocycles. The molecule has 0 aliphatic carbocycles. The van der Waals surface area contributed by atoms with Crippen molar-refractivity contribution < 1.29 is 0 Å². The van der Waals surface area contributed by atoms with E-state index in [2.05, 4.69) is 180 Å². The van der Waals surface area contributed by atoms with Crippen molar-refractivity contribution in [2.24, 2.45) is 0 Å². The van der Waals surface area contributed by atoms with E-state index in [0.717, 1.165) is 17.1 Å². The molecule has 2 heterocycles. The average Bonchev–Trinajstić information content (AvgIpc) is 3.55. The Morgan fingerprint density at radius 3 is 1.71 bits per heavy atom. The molecule has 2 nitrogen and oxygen atoms in total. The van der Waals surface area contributed by atoms with Gasteiger partial charge in [-0.3, -0.25) is 4.98 Å². The summed E-state index contributed by atoms with van der Waals surface area (Å²) in [5.41, 5.74) is 10.6. The number of pyridine rings is 1. The summed E-state index contributed by atoms with van der Waals surface area (Å²) in [6, 6.07) is 61.3. The van der Waals surface area contributed by atoms with Crippen LogP contribution in [0.15, 0.2) is 182 Å². The number of rotatable bonds is 6. The maximum Gasteiger partial charge on any atom is 0.0538 e. The zero-order chi connectivity index (χ0) is 31.9. The normalized spacial score (nSPS) is 11.3. The van der Waals surface area contributed by atoms with Gasteiger partial charge in [0.05, 0.1) is 4.70 Å². The lowest BCUT2D eigenvalue weighted by atomic mass is 10.0. The number of hydrogen-bond donors (Lipinski definition) is 0. The van der Waals surface area contributed by atoms with E-state index in [9.17, 15) is 0 Å². The second kappa shape index (κ2) is 12.0. The van der Waals surface area contributed by atoms with Crippen LogP contribution in [-0.4, -0.2) is 4.98 Å². The monoisotopic (exact) mass is 630 g/mol. The van der Waals surface area contributed by atoms with Gasteiger partial charge in [-0.15, -0.1) is 11.3 Å². The SMILES string of the molecule is c1ccc(-c2ccc(N(c3ccc(-c4ccc5ccccc5c4)cc3)c3ccc(-c4cccc5c4sc4cnccc45)cc3)cc2)cc1. The Balaban J connectivity index is 1.11. The van der Waals surface area contributed by atoms with Gasteiger partial charge in [0.25, 0.3) is 0 Å². The highest BCUT2D eigenvalue weighted by Gasteiger charge is 2.15. The van der Waals surface area contributed by atoms with E-state index < -0.39 is 0 Å². The fourth-order valence-electron chi connectivity index (χ4n) is 6.72. The van der Waals surface area contributed by atoms with Crippen molar-refractivity contribution in [2.75, 3.05) is 4.90 Å². The predicted octanol–water partition coefficient (Wildman–Crippen LogP) is 13.1. The third-order valence-corrected chi connectivity index (χ3v) is 10.4. The average molecular weight is 631 g/mol. The first-order valence-corrected chi connectivity index (χ1v) is 17.0. The molecule has 7 aromatic carbocycles. The Morgan fingerprint density at radius 2 is 1.00 bits per heavy atom. The summed E-state index contributed by atoms with van der Waals surface area (Å²) in [5.74, 6) is 0. The molecule has 9 aromatic rings. The molecule has 226 valence electrons. The lowest BCUT2D eigenvalue weighted by Gasteiger charge is -2.26. The van der Waals surface area contributed by atoms with Crippen molar-refractivity contribution in [1.29, 1.82) is 0 Å². The fourth-order valence-corrected chi connectivity index (χ4v) is 7.93. The molecule has 2 aromatic heterocycles. The number of thiophene rings is 1. The predicted molar refractivity (Wildman–Crippen MR) is 206 cm³/mol. The van der Waals surface area contributed by atoms with Crippen molar-refractivity contribution in [2.45, 2.75) is 0 Å². The second-order valence-corrected chi connectivity index (χ2v) is 13.1. The molecule has 0 aliphatic heterocycles. The van der Waals surface area contributed by atoms with Crippen LogP contribution in [0.3, 0.4) is 0 Å². The molecule has 0 unspecified atom stereocenters. The number of benzene rings is 7. The van der Waals surface area contributed by atoms with Gasteiger partial charge in [-0.2, -0.15) is 0 Å². The minimum Gasteiger partial charge on any atom is -0.311 e. The van der Waals surface area contributed by atoms with E-state index in [-0.39, 0.29) is 0 Å². The van der Waals surface area contributed by atoms with Crippen LogP contribution >= 0.6 is 11.3 Å². The third-order valence-electron chi connectivity index (χ3n) is 9.18. The molecule has 0 atom stereocenters. The summed E-state index contributed by atoms with van der Waals surface area (Å²) in [7, 11) is 0. The molecule has 9 rings (SSSR count). The van der Waals surface area contributed by atoms with Gasteiger partial charge in [0.2, 0.25) is 0 Å². The number of aromatic nitrogens is 1. The van der Waals surface area contributed by atoms with Crippen LogP contribution in [0.2, 0.25) is 0 Å². The van der Waals surface area contributed by atoms with Crippen LogP contribution in [0, 0.1) is 0 Å². The molecular weight excluding hydrogens is 601 g/mol. The van der Waals surface area contributed by atoms with Gasteiger partial charge in [0.15, 0.2) is 0 Å². The van der Waals surface area contributed by atoms with Crippen LogP contribution in [0.25, 0.3) is 64.3 Å². The van der Waals surface area contributed by atoms with Crippen LogP contribution in [0.1, 0.15) is 0 Å². The molecule has 48 heavy (non-hydrogen) atoms. The first-order valence-electron chi connectivity index (χ1n) is 16.2. The van der Waals surface area contributed by atoms with Crippen molar-refractivity contribution in [3.05, 3.63) is 182 Å². The van der Waals surface area contributed by atoms with Gasteiger partial charge >= 0.3 is 0 Å². The van der Waals surface area contributed by atoms with E-state index in [4.69, 9.17) is 0 Å². The van der Waals surface area contributed by atoms with Gasteiger partial charge in [-0.1, -0.05) is 121 Å². The molecule has 0 N–H and O–H groups in total. The Labute approximate surface area is 283 Å². The summed E-state index contributed by atoms with van der Waals surface area (Å²) in [6.45, 7) is 0. The smallest absolute Gasteiger partial charge is 0.0538 e. The molecule has 0 saturated heterocycles. The van der Waals surface area contributed by atoms with Crippen molar-refractivity contribution in [3.8, 4) is 33.4 Å². The van der Waals surface area contributed by atoms with Gasteiger partial charge < -0.3 is 4.90 Å². The highest BCUT2D eigenvalue weighted by atomic mass is 32.1. The zero-order valence-corrected chi connectivity index (χ0v) is 26.9. The third kappa shape index (κ3) is 5.11. The fraction of sp³-hybridized carbons (Fsp3) is 0. The molecule has 0 spiro atoms. The molecule has 0 bridgehead atoms. The molecule has 0 radical (unpaired) electrons. The first-order chi connectivity index (χ1) is 23.8. The lowest BCUT2D eigenvalue weighted by molar-refractivity contribution is 1.28. The van der Waals surface area contributed by atoms with E-state index >= 15 is 0 Å². The van der Waals surface area contributed by atoms with Crippen LogP contribution in [0.5, 0.6) is 0 Å². The number of hydrogen-bond acceptors (Lipinski definition) is 3. The molecule has 0 amide bonds. The summed E-state index contributed by atoms with van der Waals surface area (Å²) in [6.07, 6.45) is 3.85. The Hall–Kier alpha value is -6.03. The first kappa shape index (κ1) is 28.2. The highest BCUT2D eigenvalue weighted by molar-refractivity contribution is 7.26. The summed E-state index contributed by atoms with van der Waals surface area (Å²) >= 11 is 1.81. The van der Waals surface area contributed by atoms with Crippen molar-refractivity contribution in [1.82, 2.24) is 4.98 Å². The van der Waals surface area contributed by atoms with E-state index in [1.54, 1.807) is 0 Å². The molecule has 0 fully saturated rings. The Kier molecular flexibility index (Phi) is 7.03. The van der Waals surface area contributed by atoms with Gasteiger partial charge in [-0.05, 0) is 92.7 Å². The highest BCUT2D eigenvalue weighted by Crippen LogP contribution is 2.41. The minimum absolute atomic E-state index is 1.11. The Morgan fingerprint density at radius 1 is 0.417 bits per heavy atom. The lowest BCUT2D eigenvalue weighted by Crippen LogP contribution is -2.09. The van der Waals surface area contributed by atoms with Gasteiger partial charge in [-0.25, -0.2) is 0 Å². The molecule has 3 heteroatoms. The Bertz CT molecular complexity index is 2530. The largest absolute Gasteiger partial charge is 0.311 e. The van der Waals surface area contributed by atoms with Gasteiger partial charge in [0, 0.05) is 44.9 Å². The summed E-state index contributed by atoms with van der Waals surface area (Å²) in [4.78, 5) is 6.70.